The van der Waals surface area contributed by atoms with E-state index in [4.69, 9.17) is 9.47 Å². The number of ether oxygens (including phenoxy) is 2. The van der Waals surface area contributed by atoms with Crippen molar-refractivity contribution in [2.75, 3.05) is 19.8 Å². The zero-order chi connectivity index (χ0) is 13.4. The number of aryl methyl sites for hydroxylation is 1. The summed E-state index contributed by atoms with van der Waals surface area (Å²) in [5.41, 5.74) is 1.95. The molecule has 1 atom stereocenters. The molecular formula is C15H24O3. The van der Waals surface area contributed by atoms with Crippen molar-refractivity contribution in [1.82, 2.24) is 0 Å². The van der Waals surface area contributed by atoms with E-state index in [1.807, 2.05) is 25.1 Å². The van der Waals surface area contributed by atoms with E-state index >= 15 is 0 Å². The summed E-state index contributed by atoms with van der Waals surface area (Å²) < 4.78 is 11.1. The molecule has 0 aliphatic carbocycles. The van der Waals surface area contributed by atoms with Crippen LogP contribution in [0.2, 0.25) is 0 Å². The summed E-state index contributed by atoms with van der Waals surface area (Å²) in [5, 5.41) is 9.66. The van der Waals surface area contributed by atoms with Crippen LogP contribution in [-0.2, 0) is 4.74 Å². The van der Waals surface area contributed by atoms with Gasteiger partial charge < -0.3 is 14.6 Å². The molecule has 1 aromatic rings. The standard InChI is InChI=1S/C15H24O3/c1-4-5-8-17-9-10-18-15-11-12(2)6-7-14(15)13(3)16/h6-7,11,13,16H,4-5,8-10H2,1-3H3. The normalized spacial score (nSPS) is 12.4. The first kappa shape index (κ1) is 15.0. The molecule has 3 nitrogen and oxygen atoms in total. The van der Waals surface area contributed by atoms with Crippen molar-refractivity contribution in [3.8, 4) is 5.75 Å². The second kappa shape index (κ2) is 8.11. The fourth-order valence-electron chi connectivity index (χ4n) is 1.67. The highest BCUT2D eigenvalue weighted by Gasteiger charge is 2.09. The fraction of sp³-hybridized carbons (Fsp3) is 0.600. The van der Waals surface area contributed by atoms with Crippen molar-refractivity contribution in [2.45, 2.75) is 39.7 Å². The molecule has 1 rings (SSSR count). The molecule has 0 saturated carbocycles. The molecule has 0 fully saturated rings. The molecule has 0 radical (unpaired) electrons. The molecular weight excluding hydrogens is 228 g/mol. The van der Waals surface area contributed by atoms with Gasteiger partial charge in [-0.2, -0.15) is 0 Å². The second-order valence-corrected chi connectivity index (χ2v) is 4.53. The lowest BCUT2D eigenvalue weighted by atomic mass is 10.1. The molecule has 0 bridgehead atoms. The van der Waals surface area contributed by atoms with Crippen molar-refractivity contribution in [1.29, 1.82) is 0 Å². The first-order valence-corrected chi connectivity index (χ1v) is 6.64. The maximum absolute atomic E-state index is 9.66. The predicted octanol–water partition coefficient (Wildman–Crippen LogP) is 3.24. The summed E-state index contributed by atoms with van der Waals surface area (Å²) in [6.45, 7) is 7.80. The molecule has 0 aliphatic rings. The van der Waals surface area contributed by atoms with Crippen LogP contribution in [0.3, 0.4) is 0 Å². The Morgan fingerprint density at radius 2 is 2.00 bits per heavy atom. The summed E-state index contributed by atoms with van der Waals surface area (Å²) in [5.74, 6) is 0.754. The second-order valence-electron chi connectivity index (χ2n) is 4.53. The van der Waals surface area contributed by atoms with Gasteiger partial charge in [0.05, 0.1) is 12.7 Å². The van der Waals surface area contributed by atoms with E-state index in [0.29, 0.717) is 13.2 Å². The monoisotopic (exact) mass is 252 g/mol. The Morgan fingerprint density at radius 3 is 2.67 bits per heavy atom. The maximum Gasteiger partial charge on any atom is 0.125 e. The molecule has 1 unspecified atom stereocenters. The average Bonchev–Trinajstić information content (AvgIpc) is 2.33. The third-order valence-electron chi connectivity index (χ3n) is 2.75. The zero-order valence-electron chi connectivity index (χ0n) is 11.6. The minimum Gasteiger partial charge on any atom is -0.491 e. The van der Waals surface area contributed by atoms with E-state index in [2.05, 4.69) is 6.92 Å². The number of hydrogen-bond acceptors (Lipinski definition) is 3. The molecule has 0 saturated heterocycles. The summed E-state index contributed by atoms with van der Waals surface area (Å²) in [6, 6.07) is 5.84. The van der Waals surface area contributed by atoms with Gasteiger partial charge >= 0.3 is 0 Å². The van der Waals surface area contributed by atoms with Gasteiger partial charge in [-0.05, 0) is 31.9 Å². The molecule has 102 valence electrons. The van der Waals surface area contributed by atoms with Crippen molar-refractivity contribution in [2.24, 2.45) is 0 Å². The largest absolute Gasteiger partial charge is 0.491 e. The van der Waals surface area contributed by atoms with Crippen LogP contribution in [0, 0.1) is 6.92 Å². The molecule has 0 aliphatic heterocycles. The van der Waals surface area contributed by atoms with Crippen LogP contribution in [0.5, 0.6) is 5.75 Å². The SMILES string of the molecule is CCCCOCCOc1cc(C)ccc1C(C)O. The van der Waals surface area contributed by atoms with Crippen LogP contribution < -0.4 is 4.74 Å². The van der Waals surface area contributed by atoms with Gasteiger partial charge in [0.1, 0.15) is 12.4 Å². The maximum atomic E-state index is 9.66. The van der Waals surface area contributed by atoms with Gasteiger partial charge in [-0.25, -0.2) is 0 Å². The lowest BCUT2D eigenvalue weighted by Gasteiger charge is -2.14. The number of unbranched alkanes of at least 4 members (excludes halogenated alkanes) is 1. The van der Waals surface area contributed by atoms with Crippen LogP contribution in [0.15, 0.2) is 18.2 Å². The van der Waals surface area contributed by atoms with Crippen molar-refractivity contribution in [3.05, 3.63) is 29.3 Å². The van der Waals surface area contributed by atoms with Gasteiger partial charge in [0.25, 0.3) is 0 Å². The van der Waals surface area contributed by atoms with Crippen molar-refractivity contribution < 1.29 is 14.6 Å². The van der Waals surface area contributed by atoms with Crippen LogP contribution in [0.25, 0.3) is 0 Å². The van der Waals surface area contributed by atoms with Crippen LogP contribution in [-0.4, -0.2) is 24.9 Å². The molecule has 0 spiro atoms. The topological polar surface area (TPSA) is 38.7 Å². The molecule has 3 heteroatoms. The van der Waals surface area contributed by atoms with E-state index in [-0.39, 0.29) is 0 Å². The summed E-state index contributed by atoms with van der Waals surface area (Å²) in [6.07, 6.45) is 1.72. The van der Waals surface area contributed by atoms with E-state index in [9.17, 15) is 5.11 Å². The summed E-state index contributed by atoms with van der Waals surface area (Å²) >= 11 is 0. The highest BCUT2D eigenvalue weighted by molar-refractivity contribution is 5.38. The summed E-state index contributed by atoms with van der Waals surface area (Å²) in [4.78, 5) is 0. The number of hydrogen-bond donors (Lipinski definition) is 1. The smallest absolute Gasteiger partial charge is 0.125 e. The van der Waals surface area contributed by atoms with Crippen LogP contribution in [0.1, 0.15) is 43.9 Å². The number of benzene rings is 1. The zero-order valence-corrected chi connectivity index (χ0v) is 11.6. The van der Waals surface area contributed by atoms with Crippen molar-refractivity contribution >= 4 is 0 Å². The van der Waals surface area contributed by atoms with Gasteiger partial charge in [-0.3, -0.25) is 0 Å². The first-order valence-electron chi connectivity index (χ1n) is 6.64. The molecule has 0 heterocycles. The lowest BCUT2D eigenvalue weighted by Crippen LogP contribution is -2.09. The Bertz CT molecular complexity index is 348. The number of aliphatic hydroxyl groups is 1. The molecule has 0 aromatic heterocycles. The van der Waals surface area contributed by atoms with Crippen LogP contribution in [0.4, 0.5) is 0 Å². The number of rotatable bonds is 8. The minimum absolute atomic E-state index is 0.512. The fourth-order valence-corrected chi connectivity index (χ4v) is 1.67. The van der Waals surface area contributed by atoms with Gasteiger partial charge in [-0.1, -0.05) is 25.5 Å². The minimum atomic E-state index is -0.512. The molecule has 1 N–H and O–H groups in total. The Labute approximate surface area is 110 Å². The third-order valence-corrected chi connectivity index (χ3v) is 2.75. The van der Waals surface area contributed by atoms with E-state index in [1.165, 1.54) is 0 Å². The van der Waals surface area contributed by atoms with Crippen LogP contribution >= 0.6 is 0 Å². The Morgan fingerprint density at radius 1 is 1.22 bits per heavy atom. The van der Waals surface area contributed by atoms with E-state index < -0.39 is 6.10 Å². The van der Waals surface area contributed by atoms with Crippen molar-refractivity contribution in [3.63, 3.8) is 0 Å². The van der Waals surface area contributed by atoms with E-state index in [1.54, 1.807) is 6.92 Å². The number of aliphatic hydroxyl groups excluding tert-OH is 1. The highest BCUT2D eigenvalue weighted by Crippen LogP contribution is 2.26. The van der Waals surface area contributed by atoms with Gasteiger partial charge in [0.2, 0.25) is 0 Å². The van der Waals surface area contributed by atoms with E-state index in [0.717, 1.165) is 36.3 Å². The van der Waals surface area contributed by atoms with Gasteiger partial charge in [-0.15, -0.1) is 0 Å². The molecule has 18 heavy (non-hydrogen) atoms. The predicted molar refractivity (Wildman–Crippen MR) is 73.0 cm³/mol. The summed E-state index contributed by atoms with van der Waals surface area (Å²) in [7, 11) is 0. The Hall–Kier alpha value is -1.06. The average molecular weight is 252 g/mol. The third kappa shape index (κ3) is 5.07. The first-order chi connectivity index (χ1) is 8.65. The quantitative estimate of drug-likeness (QED) is 0.722. The molecule has 0 amide bonds. The lowest BCUT2D eigenvalue weighted by molar-refractivity contribution is 0.0962. The highest BCUT2D eigenvalue weighted by atomic mass is 16.5. The Balaban J connectivity index is 2.43. The van der Waals surface area contributed by atoms with Gasteiger partial charge in [0, 0.05) is 12.2 Å². The Kier molecular flexibility index (Phi) is 6.76. The molecule has 1 aromatic carbocycles. The van der Waals surface area contributed by atoms with Gasteiger partial charge in [0.15, 0.2) is 0 Å².